The van der Waals surface area contributed by atoms with E-state index in [9.17, 15) is 8.42 Å². The Labute approximate surface area is 170 Å². The minimum atomic E-state index is -3.71. The van der Waals surface area contributed by atoms with E-state index < -0.39 is 10.0 Å². The zero-order valence-electron chi connectivity index (χ0n) is 15.6. The number of nitrogens with zero attached hydrogens (tertiary/aromatic N) is 1. The van der Waals surface area contributed by atoms with E-state index in [-0.39, 0.29) is 4.90 Å². The molecule has 28 heavy (non-hydrogen) atoms. The number of furan rings is 1. The maximum atomic E-state index is 11.3. The van der Waals surface area contributed by atoms with Crippen molar-refractivity contribution in [2.24, 2.45) is 16.2 Å². The van der Waals surface area contributed by atoms with Crippen molar-refractivity contribution < 1.29 is 12.8 Å². The fraction of sp³-hybridized carbons (Fsp3) is 0.368. The Morgan fingerprint density at radius 3 is 2.61 bits per heavy atom. The lowest BCUT2D eigenvalue weighted by Crippen LogP contribution is -2.44. The number of thiocarbonyl (C=S) groups is 1. The second kappa shape index (κ2) is 8.85. The van der Waals surface area contributed by atoms with Crippen LogP contribution in [0.25, 0.3) is 11.3 Å². The smallest absolute Gasteiger partial charge is 0.238 e. The molecule has 1 aliphatic carbocycles. The lowest BCUT2D eigenvalue weighted by molar-refractivity contribution is 0.308. The van der Waals surface area contributed by atoms with Gasteiger partial charge in [0.15, 0.2) is 5.11 Å². The number of nitrogens with one attached hydrogen (secondary N) is 2. The zero-order chi connectivity index (χ0) is 20.1. The van der Waals surface area contributed by atoms with Crippen molar-refractivity contribution >= 4 is 33.6 Å². The Kier molecular flexibility index (Phi) is 6.48. The Balaban J connectivity index is 1.56. The maximum Gasteiger partial charge on any atom is 0.238 e. The normalized spacial score (nSPS) is 20.2. The van der Waals surface area contributed by atoms with Gasteiger partial charge < -0.3 is 9.73 Å². The molecular formula is C19H24N4O3S2. The Hall–Kier alpha value is -2.23. The standard InChI is InChI=1S/C19H24N4O3S2/c1-13-4-2-3-5-17(13)22-19(27)23-21-12-15-8-11-18(26-15)14-6-9-16(10-7-14)28(20,24)25/h6-13,17H,2-5H2,1H3,(H2,20,24,25)(H2,22,23,27)/b21-12-/t13-,17+/m1/s1. The van der Waals surface area contributed by atoms with Crippen LogP contribution in [0, 0.1) is 5.92 Å². The zero-order valence-corrected chi connectivity index (χ0v) is 17.2. The van der Waals surface area contributed by atoms with Crippen molar-refractivity contribution in [3.8, 4) is 11.3 Å². The predicted octanol–water partition coefficient (Wildman–Crippen LogP) is 2.97. The number of primary sulfonamides is 1. The van der Waals surface area contributed by atoms with E-state index >= 15 is 0 Å². The molecule has 1 aromatic carbocycles. The molecule has 1 aliphatic rings. The van der Waals surface area contributed by atoms with Gasteiger partial charge in [0.2, 0.25) is 10.0 Å². The van der Waals surface area contributed by atoms with Crippen LogP contribution in [-0.4, -0.2) is 25.8 Å². The van der Waals surface area contributed by atoms with E-state index in [4.69, 9.17) is 21.8 Å². The number of hydrogen-bond acceptors (Lipinski definition) is 5. The molecule has 1 saturated carbocycles. The first kappa shape index (κ1) is 20.5. The van der Waals surface area contributed by atoms with Crippen molar-refractivity contribution in [2.75, 3.05) is 0 Å². The molecule has 2 aromatic rings. The fourth-order valence-corrected chi connectivity index (χ4v) is 3.99. The predicted molar refractivity (Wildman–Crippen MR) is 113 cm³/mol. The fourth-order valence-electron chi connectivity index (χ4n) is 3.27. The highest BCUT2D eigenvalue weighted by molar-refractivity contribution is 7.89. The molecule has 0 bridgehead atoms. The number of sulfonamides is 1. The summed E-state index contributed by atoms with van der Waals surface area (Å²) >= 11 is 5.30. The summed E-state index contributed by atoms with van der Waals surface area (Å²) in [6.07, 6.45) is 6.39. The first-order valence-electron chi connectivity index (χ1n) is 9.15. The van der Waals surface area contributed by atoms with Gasteiger partial charge in [-0.2, -0.15) is 5.10 Å². The highest BCUT2D eigenvalue weighted by Gasteiger charge is 2.21. The lowest BCUT2D eigenvalue weighted by atomic mass is 9.86. The third kappa shape index (κ3) is 5.40. The van der Waals surface area contributed by atoms with Gasteiger partial charge in [-0.1, -0.05) is 19.8 Å². The molecular weight excluding hydrogens is 396 g/mol. The Morgan fingerprint density at radius 1 is 1.21 bits per heavy atom. The number of benzene rings is 1. The Morgan fingerprint density at radius 2 is 1.93 bits per heavy atom. The van der Waals surface area contributed by atoms with Gasteiger partial charge in [0.05, 0.1) is 11.1 Å². The first-order valence-corrected chi connectivity index (χ1v) is 11.1. The van der Waals surface area contributed by atoms with E-state index in [1.54, 1.807) is 30.5 Å². The van der Waals surface area contributed by atoms with Crippen LogP contribution in [0.1, 0.15) is 38.4 Å². The summed E-state index contributed by atoms with van der Waals surface area (Å²) in [4.78, 5) is 0.0575. The van der Waals surface area contributed by atoms with Crippen LogP contribution in [0.3, 0.4) is 0 Å². The van der Waals surface area contributed by atoms with Crippen LogP contribution in [-0.2, 0) is 10.0 Å². The molecule has 3 rings (SSSR count). The van der Waals surface area contributed by atoms with Crippen LogP contribution >= 0.6 is 12.2 Å². The summed E-state index contributed by atoms with van der Waals surface area (Å²) in [6, 6.07) is 10.1. The molecule has 1 aromatic heterocycles. The summed E-state index contributed by atoms with van der Waals surface area (Å²) in [7, 11) is -3.71. The van der Waals surface area contributed by atoms with Crippen LogP contribution in [0.15, 0.2) is 50.8 Å². The van der Waals surface area contributed by atoms with Crippen molar-refractivity contribution in [3.05, 3.63) is 42.2 Å². The second-order valence-corrected chi connectivity index (χ2v) is 8.95. The number of nitrogens with two attached hydrogens (primary N) is 1. The highest BCUT2D eigenvalue weighted by Crippen LogP contribution is 2.24. The molecule has 150 valence electrons. The third-order valence-corrected chi connectivity index (χ3v) is 6.02. The molecule has 0 spiro atoms. The molecule has 2 atom stereocenters. The van der Waals surface area contributed by atoms with Crippen molar-refractivity contribution in [1.82, 2.24) is 10.7 Å². The molecule has 9 heteroatoms. The van der Waals surface area contributed by atoms with E-state index in [1.165, 1.54) is 31.4 Å². The van der Waals surface area contributed by atoms with Gasteiger partial charge in [-0.15, -0.1) is 0 Å². The van der Waals surface area contributed by atoms with E-state index in [2.05, 4.69) is 22.8 Å². The summed E-state index contributed by atoms with van der Waals surface area (Å²) in [5.41, 5.74) is 3.56. The molecule has 0 unspecified atom stereocenters. The van der Waals surface area contributed by atoms with Crippen molar-refractivity contribution in [2.45, 2.75) is 43.5 Å². The van der Waals surface area contributed by atoms with Gasteiger partial charge in [0.25, 0.3) is 0 Å². The molecule has 0 saturated heterocycles. The third-order valence-electron chi connectivity index (χ3n) is 4.88. The van der Waals surface area contributed by atoms with Gasteiger partial charge >= 0.3 is 0 Å². The van der Waals surface area contributed by atoms with E-state index in [0.717, 1.165) is 12.0 Å². The molecule has 0 amide bonds. The maximum absolute atomic E-state index is 11.3. The van der Waals surface area contributed by atoms with Gasteiger partial charge in [0, 0.05) is 11.6 Å². The first-order chi connectivity index (χ1) is 13.3. The van der Waals surface area contributed by atoms with Crippen LogP contribution in [0.2, 0.25) is 0 Å². The average molecular weight is 421 g/mol. The molecule has 7 nitrogen and oxygen atoms in total. The van der Waals surface area contributed by atoms with Gasteiger partial charge in [-0.25, -0.2) is 13.6 Å². The van der Waals surface area contributed by atoms with Crippen LogP contribution in [0.5, 0.6) is 0 Å². The minimum absolute atomic E-state index is 0.0575. The molecule has 4 N–H and O–H groups in total. The Bertz CT molecular complexity index is 952. The van der Waals surface area contributed by atoms with Gasteiger partial charge in [-0.05, 0) is 67.4 Å². The van der Waals surface area contributed by atoms with Crippen LogP contribution in [0.4, 0.5) is 0 Å². The average Bonchev–Trinajstić information content (AvgIpc) is 3.12. The molecule has 0 aliphatic heterocycles. The van der Waals surface area contributed by atoms with Crippen LogP contribution < -0.4 is 15.9 Å². The quantitative estimate of drug-likeness (QED) is 0.390. The lowest BCUT2D eigenvalue weighted by Gasteiger charge is -2.30. The van der Waals surface area contributed by atoms with Gasteiger partial charge in [-0.3, -0.25) is 5.43 Å². The van der Waals surface area contributed by atoms with E-state index in [1.807, 2.05) is 0 Å². The number of hydrogen-bond donors (Lipinski definition) is 3. The minimum Gasteiger partial charge on any atom is -0.455 e. The van der Waals surface area contributed by atoms with Crippen molar-refractivity contribution in [3.63, 3.8) is 0 Å². The monoisotopic (exact) mass is 420 g/mol. The van der Waals surface area contributed by atoms with Gasteiger partial charge in [0.1, 0.15) is 11.5 Å². The van der Waals surface area contributed by atoms with Crippen molar-refractivity contribution in [1.29, 1.82) is 0 Å². The molecule has 1 heterocycles. The summed E-state index contributed by atoms with van der Waals surface area (Å²) in [5, 5.41) is 13.0. The molecule has 0 radical (unpaired) electrons. The number of hydrazone groups is 1. The number of rotatable bonds is 5. The SMILES string of the molecule is C[C@@H]1CCCC[C@@H]1NC(=S)N/N=C\c1ccc(-c2ccc(S(N)(=O)=O)cc2)o1. The molecule has 1 fully saturated rings. The second-order valence-electron chi connectivity index (χ2n) is 6.98. The highest BCUT2D eigenvalue weighted by atomic mass is 32.2. The topological polar surface area (TPSA) is 110 Å². The van der Waals surface area contributed by atoms with E-state index in [0.29, 0.717) is 28.6 Å². The largest absolute Gasteiger partial charge is 0.455 e. The summed E-state index contributed by atoms with van der Waals surface area (Å²) < 4.78 is 28.3. The summed E-state index contributed by atoms with van der Waals surface area (Å²) in [5.74, 6) is 1.75. The summed E-state index contributed by atoms with van der Waals surface area (Å²) in [6.45, 7) is 2.24.